The van der Waals surface area contributed by atoms with E-state index in [1.165, 1.54) is 250 Å². The number of hydrogen-bond donors (Lipinski definition) is 0. The Balaban J connectivity index is 4.57. The minimum atomic E-state index is -4.27. The molecule has 0 aromatic rings. The molecule has 0 aliphatic carbocycles. The molecular formula is C49H101NO3S. The Labute approximate surface area is 342 Å². The molecule has 0 atom stereocenters. The molecule has 5 heteroatoms. The van der Waals surface area contributed by atoms with Gasteiger partial charge in [-0.25, -0.2) is 8.42 Å². The Bertz CT molecular complexity index is 737. The van der Waals surface area contributed by atoms with Gasteiger partial charge in [0.15, 0.2) is 5.88 Å². The van der Waals surface area contributed by atoms with Crippen molar-refractivity contribution in [3.8, 4) is 0 Å². The van der Waals surface area contributed by atoms with Gasteiger partial charge in [0.25, 0.3) is 0 Å². The van der Waals surface area contributed by atoms with Crippen LogP contribution in [0.3, 0.4) is 0 Å². The highest BCUT2D eigenvalue weighted by Crippen LogP contribution is 2.21. The summed E-state index contributed by atoms with van der Waals surface area (Å²) >= 11 is 0. The second kappa shape index (κ2) is 42.5. The van der Waals surface area contributed by atoms with E-state index in [1.807, 2.05) is 0 Å². The van der Waals surface area contributed by atoms with Crippen molar-refractivity contribution in [3.63, 3.8) is 0 Å². The molecule has 0 fully saturated rings. The van der Waals surface area contributed by atoms with Gasteiger partial charge >= 0.3 is 0 Å². The molecule has 0 radical (unpaired) electrons. The van der Waals surface area contributed by atoms with Gasteiger partial charge in [0.05, 0.1) is 19.6 Å². The zero-order chi connectivity index (χ0) is 39.5. The second-order valence-corrected chi connectivity index (χ2v) is 19.4. The molecule has 0 aromatic heterocycles. The fourth-order valence-electron chi connectivity index (χ4n) is 8.79. The summed E-state index contributed by atoms with van der Waals surface area (Å²) in [5, 5.41) is 0. The zero-order valence-corrected chi connectivity index (χ0v) is 38.4. The lowest BCUT2D eigenvalue weighted by Crippen LogP contribution is -2.53. The first-order valence-electron chi connectivity index (χ1n) is 25.2. The van der Waals surface area contributed by atoms with Crippen LogP contribution in [0, 0.1) is 0 Å². The van der Waals surface area contributed by atoms with Crippen molar-refractivity contribution >= 4 is 10.1 Å². The fraction of sp³-hybridized carbons (Fsp3) is 1.00. The van der Waals surface area contributed by atoms with Crippen LogP contribution in [-0.4, -0.2) is 43.0 Å². The van der Waals surface area contributed by atoms with E-state index in [9.17, 15) is 13.0 Å². The Morgan fingerprint density at radius 2 is 0.426 bits per heavy atom. The van der Waals surface area contributed by atoms with Crippen molar-refractivity contribution < 1.29 is 17.5 Å². The molecule has 0 amide bonds. The van der Waals surface area contributed by atoms with Crippen molar-refractivity contribution in [1.82, 2.24) is 0 Å². The average molecular weight is 784 g/mol. The number of hydrogen-bond acceptors (Lipinski definition) is 3. The van der Waals surface area contributed by atoms with E-state index >= 15 is 0 Å². The van der Waals surface area contributed by atoms with Gasteiger partial charge in [-0.05, 0) is 38.5 Å². The van der Waals surface area contributed by atoms with Crippen LogP contribution < -0.4 is 0 Å². The number of quaternary nitrogens is 1. The molecule has 0 spiro atoms. The van der Waals surface area contributed by atoms with E-state index in [-0.39, 0.29) is 5.88 Å². The van der Waals surface area contributed by atoms with E-state index in [0.29, 0.717) is 4.48 Å². The Morgan fingerprint density at radius 3 is 0.574 bits per heavy atom. The highest BCUT2D eigenvalue weighted by Gasteiger charge is 2.29. The minimum Gasteiger partial charge on any atom is -0.744 e. The van der Waals surface area contributed by atoms with Gasteiger partial charge in [-0.3, -0.25) is 0 Å². The topological polar surface area (TPSA) is 57.2 Å². The molecule has 0 heterocycles. The summed E-state index contributed by atoms with van der Waals surface area (Å²) in [5.41, 5.74) is 0. The van der Waals surface area contributed by atoms with Crippen LogP contribution in [0.2, 0.25) is 0 Å². The molecule has 0 saturated carbocycles. The van der Waals surface area contributed by atoms with E-state index in [1.54, 1.807) is 0 Å². The van der Waals surface area contributed by atoms with Crippen molar-refractivity contribution in [2.24, 2.45) is 0 Å². The SMILES string of the molecule is CCCCCCCCCCCCCCCC[N+](CCCCCCCCCCCCCCCC)(CCCCCCCCCCCCCCCC)CS(=O)(=O)[O-]. The predicted octanol–water partition coefficient (Wildman–Crippen LogP) is 16.7. The largest absolute Gasteiger partial charge is 0.744 e. The molecule has 0 N–H and O–H groups in total. The average Bonchev–Trinajstić information content (AvgIpc) is 3.14. The molecule has 54 heavy (non-hydrogen) atoms. The van der Waals surface area contributed by atoms with Crippen molar-refractivity contribution in [1.29, 1.82) is 0 Å². The lowest BCUT2D eigenvalue weighted by atomic mass is 10.0. The Morgan fingerprint density at radius 1 is 0.278 bits per heavy atom. The predicted molar refractivity (Wildman–Crippen MR) is 240 cm³/mol. The van der Waals surface area contributed by atoms with E-state index in [0.717, 1.165) is 38.9 Å². The van der Waals surface area contributed by atoms with E-state index < -0.39 is 10.1 Å². The van der Waals surface area contributed by atoms with Crippen molar-refractivity contribution in [2.45, 2.75) is 290 Å². The zero-order valence-electron chi connectivity index (χ0n) is 37.6. The first kappa shape index (κ1) is 53.9. The molecule has 0 rings (SSSR count). The highest BCUT2D eigenvalue weighted by molar-refractivity contribution is 7.85. The molecule has 0 unspecified atom stereocenters. The Hall–Kier alpha value is -0.130. The molecule has 4 nitrogen and oxygen atoms in total. The maximum Gasteiger partial charge on any atom is 0.169 e. The second-order valence-electron chi connectivity index (χ2n) is 18.0. The lowest BCUT2D eigenvalue weighted by Gasteiger charge is -2.39. The lowest BCUT2D eigenvalue weighted by molar-refractivity contribution is -0.918. The van der Waals surface area contributed by atoms with Gasteiger partial charge in [0.1, 0.15) is 10.1 Å². The van der Waals surface area contributed by atoms with E-state index in [2.05, 4.69) is 20.8 Å². The maximum atomic E-state index is 12.3. The van der Waals surface area contributed by atoms with Crippen LogP contribution >= 0.6 is 0 Å². The Kier molecular flexibility index (Phi) is 42.4. The molecular weight excluding hydrogens is 683 g/mol. The highest BCUT2D eigenvalue weighted by atomic mass is 32.2. The molecule has 0 saturated heterocycles. The first-order valence-corrected chi connectivity index (χ1v) is 26.8. The fourth-order valence-corrected chi connectivity index (χ4v) is 9.85. The summed E-state index contributed by atoms with van der Waals surface area (Å²) in [6.07, 6.45) is 55.9. The molecule has 0 aliphatic heterocycles. The first-order chi connectivity index (χ1) is 26.4. The van der Waals surface area contributed by atoms with Crippen LogP contribution in [0.25, 0.3) is 0 Å². The van der Waals surface area contributed by atoms with Crippen LogP contribution in [0.15, 0.2) is 0 Å². The standard InChI is InChI=1S/C49H101NO3S/c1-4-7-10-13-16-19-22-25-28-31-34-37-40-43-46-50(49-54(51,52)53,47-44-41-38-35-32-29-26-23-20-17-14-11-8-5-2)48-45-42-39-36-33-30-27-24-21-18-15-12-9-6-3/h4-49H2,1-3H3. The molecule has 326 valence electrons. The van der Waals surface area contributed by atoms with Crippen molar-refractivity contribution in [3.05, 3.63) is 0 Å². The van der Waals surface area contributed by atoms with Crippen LogP contribution in [0.5, 0.6) is 0 Å². The summed E-state index contributed by atoms with van der Waals surface area (Å²) < 4.78 is 37.5. The van der Waals surface area contributed by atoms with E-state index in [4.69, 9.17) is 0 Å². The summed E-state index contributed by atoms with van der Waals surface area (Å²) in [6.45, 7) is 9.48. The third-order valence-electron chi connectivity index (χ3n) is 12.4. The van der Waals surface area contributed by atoms with Gasteiger partial charge in [0.2, 0.25) is 0 Å². The summed E-state index contributed by atoms with van der Waals surface area (Å²) in [5.74, 6) is -0.192. The number of unbranched alkanes of at least 4 members (excludes halogenated alkanes) is 39. The van der Waals surface area contributed by atoms with Gasteiger partial charge in [-0.1, -0.05) is 252 Å². The number of nitrogens with zero attached hydrogens (tertiary/aromatic N) is 1. The molecule has 0 aromatic carbocycles. The third kappa shape index (κ3) is 41.5. The summed E-state index contributed by atoms with van der Waals surface area (Å²) in [4.78, 5) is 0. The minimum absolute atomic E-state index is 0.192. The van der Waals surface area contributed by atoms with Crippen molar-refractivity contribution in [2.75, 3.05) is 25.5 Å². The molecule has 0 bridgehead atoms. The molecule has 0 aliphatic rings. The van der Waals surface area contributed by atoms with Crippen LogP contribution in [0.1, 0.15) is 290 Å². The van der Waals surface area contributed by atoms with Gasteiger partial charge in [-0.2, -0.15) is 0 Å². The maximum absolute atomic E-state index is 12.3. The van der Waals surface area contributed by atoms with Gasteiger partial charge < -0.3 is 9.04 Å². The normalized spacial score (nSPS) is 12.3. The van der Waals surface area contributed by atoms with Gasteiger partial charge in [-0.15, -0.1) is 0 Å². The monoisotopic (exact) mass is 784 g/mol. The van der Waals surface area contributed by atoms with Crippen LogP contribution in [0.4, 0.5) is 0 Å². The smallest absolute Gasteiger partial charge is 0.169 e. The van der Waals surface area contributed by atoms with Crippen LogP contribution in [-0.2, 0) is 10.1 Å². The quantitative estimate of drug-likeness (QED) is 0.0351. The third-order valence-corrected chi connectivity index (χ3v) is 13.3. The summed E-state index contributed by atoms with van der Waals surface area (Å²) in [7, 11) is -4.27. The summed E-state index contributed by atoms with van der Waals surface area (Å²) in [6, 6.07) is 0. The van der Waals surface area contributed by atoms with Gasteiger partial charge in [0, 0.05) is 0 Å². The number of rotatable bonds is 47.